The van der Waals surface area contributed by atoms with Crippen LogP contribution in [0.1, 0.15) is 29.7 Å². The average molecular weight is 193 g/mol. The summed E-state index contributed by atoms with van der Waals surface area (Å²) in [5.41, 5.74) is 2.23. The largest absolute Gasteiger partial charge is 0.316 e. The second kappa shape index (κ2) is 2.58. The fraction of sp³-hybridized carbons (Fsp3) is 0.636. The summed E-state index contributed by atoms with van der Waals surface area (Å²) in [5.74, 6) is 0. The van der Waals surface area contributed by atoms with E-state index in [4.69, 9.17) is 0 Å². The van der Waals surface area contributed by atoms with Crippen LogP contribution in [0.25, 0.3) is 0 Å². The van der Waals surface area contributed by atoms with Crippen LogP contribution < -0.4 is 5.32 Å². The van der Waals surface area contributed by atoms with Gasteiger partial charge in [-0.15, -0.1) is 11.3 Å². The van der Waals surface area contributed by atoms with Crippen molar-refractivity contribution in [2.75, 3.05) is 7.05 Å². The van der Waals surface area contributed by atoms with Crippen LogP contribution in [0.15, 0.2) is 11.4 Å². The molecule has 1 heterocycles. The third kappa shape index (κ3) is 0.960. The summed E-state index contributed by atoms with van der Waals surface area (Å²) in [5, 5.41) is 5.70. The highest BCUT2D eigenvalue weighted by molar-refractivity contribution is 7.10. The van der Waals surface area contributed by atoms with Crippen molar-refractivity contribution in [1.82, 2.24) is 5.32 Å². The van der Waals surface area contributed by atoms with Crippen molar-refractivity contribution >= 4 is 11.3 Å². The molecule has 2 heteroatoms. The minimum absolute atomic E-state index is 0.558. The van der Waals surface area contributed by atoms with Gasteiger partial charge >= 0.3 is 0 Å². The van der Waals surface area contributed by atoms with E-state index in [1.807, 2.05) is 11.3 Å². The molecule has 1 spiro atoms. The number of hydrogen-bond acceptors (Lipinski definition) is 2. The zero-order valence-corrected chi connectivity index (χ0v) is 8.79. The van der Waals surface area contributed by atoms with Crippen molar-refractivity contribution in [2.45, 2.75) is 37.1 Å². The van der Waals surface area contributed by atoms with Gasteiger partial charge in [0.2, 0.25) is 0 Å². The first kappa shape index (κ1) is 8.01. The second-order valence-electron chi connectivity index (χ2n) is 4.31. The highest BCUT2D eigenvalue weighted by Crippen LogP contribution is 2.56. The van der Waals surface area contributed by atoms with E-state index in [1.54, 1.807) is 10.4 Å². The van der Waals surface area contributed by atoms with E-state index in [-0.39, 0.29) is 0 Å². The topological polar surface area (TPSA) is 12.0 Å². The predicted octanol–water partition coefficient (Wildman–Crippen LogP) is 2.31. The molecule has 0 radical (unpaired) electrons. The van der Waals surface area contributed by atoms with Crippen molar-refractivity contribution < 1.29 is 0 Å². The zero-order valence-electron chi connectivity index (χ0n) is 7.97. The lowest BCUT2D eigenvalue weighted by Gasteiger charge is -2.23. The van der Waals surface area contributed by atoms with Crippen LogP contribution in [0.2, 0.25) is 0 Å². The molecule has 0 aromatic carbocycles. The molecule has 1 N–H and O–H groups in total. The van der Waals surface area contributed by atoms with Crippen molar-refractivity contribution in [3.63, 3.8) is 0 Å². The van der Waals surface area contributed by atoms with Crippen LogP contribution >= 0.6 is 11.3 Å². The van der Waals surface area contributed by atoms with E-state index in [2.05, 4.69) is 23.8 Å². The van der Waals surface area contributed by atoms with E-state index in [1.165, 1.54) is 25.7 Å². The van der Waals surface area contributed by atoms with Gasteiger partial charge in [-0.25, -0.2) is 0 Å². The Morgan fingerprint density at radius 3 is 3.31 bits per heavy atom. The van der Waals surface area contributed by atoms with E-state index in [0.29, 0.717) is 5.41 Å². The molecule has 0 bridgehead atoms. The van der Waals surface area contributed by atoms with Gasteiger partial charge in [-0.3, -0.25) is 0 Å². The summed E-state index contributed by atoms with van der Waals surface area (Å²) in [6.07, 6.45) is 5.49. The minimum Gasteiger partial charge on any atom is -0.316 e. The highest BCUT2D eigenvalue weighted by Gasteiger charge is 2.56. The summed E-state index contributed by atoms with van der Waals surface area (Å²) in [6, 6.07) is 3.12. The Morgan fingerprint density at radius 2 is 2.54 bits per heavy atom. The van der Waals surface area contributed by atoms with Crippen molar-refractivity contribution in [3.05, 3.63) is 21.9 Å². The lowest BCUT2D eigenvalue weighted by atomic mass is 9.84. The standard InChI is InChI=1S/C11H15NS/c1-12-10-7-11(10)5-2-3-9-8(11)4-6-13-9/h4,6,10,12H,2-3,5,7H2,1H3/t10?,11-/m0/s1. The minimum atomic E-state index is 0.558. The van der Waals surface area contributed by atoms with Gasteiger partial charge in [0.15, 0.2) is 0 Å². The van der Waals surface area contributed by atoms with Crippen LogP contribution in [0.5, 0.6) is 0 Å². The van der Waals surface area contributed by atoms with Gasteiger partial charge < -0.3 is 5.32 Å². The van der Waals surface area contributed by atoms with Crippen LogP contribution in [0, 0.1) is 0 Å². The molecular weight excluding hydrogens is 178 g/mol. The maximum atomic E-state index is 3.43. The molecule has 2 atom stereocenters. The Morgan fingerprint density at radius 1 is 1.62 bits per heavy atom. The Kier molecular flexibility index (Phi) is 1.59. The number of nitrogens with one attached hydrogen (secondary N) is 1. The first-order chi connectivity index (χ1) is 6.37. The summed E-state index contributed by atoms with van der Waals surface area (Å²) in [7, 11) is 2.10. The third-order valence-electron chi connectivity index (χ3n) is 3.73. The molecule has 1 nitrogen and oxygen atoms in total. The molecule has 13 heavy (non-hydrogen) atoms. The monoisotopic (exact) mass is 193 g/mol. The number of fused-ring (bicyclic) bond motifs is 2. The smallest absolute Gasteiger partial charge is 0.0171 e. The summed E-state index contributed by atoms with van der Waals surface area (Å²) >= 11 is 1.95. The van der Waals surface area contributed by atoms with Crippen LogP contribution in [0.3, 0.4) is 0 Å². The van der Waals surface area contributed by atoms with E-state index in [0.717, 1.165) is 6.04 Å². The molecule has 1 aromatic heterocycles. The lowest BCUT2D eigenvalue weighted by molar-refractivity contribution is 0.513. The number of likely N-dealkylation sites (N-methyl/N-ethyl adjacent to an activating group) is 1. The van der Waals surface area contributed by atoms with E-state index >= 15 is 0 Å². The highest BCUT2D eigenvalue weighted by atomic mass is 32.1. The quantitative estimate of drug-likeness (QED) is 0.721. The Labute approximate surface area is 83.2 Å². The van der Waals surface area contributed by atoms with Crippen LogP contribution in [0.4, 0.5) is 0 Å². The summed E-state index contributed by atoms with van der Waals surface area (Å²) in [4.78, 5) is 1.66. The molecule has 1 unspecified atom stereocenters. The Bertz CT molecular complexity index is 331. The molecule has 2 aliphatic carbocycles. The lowest BCUT2D eigenvalue weighted by Crippen LogP contribution is -2.25. The fourth-order valence-corrected chi connectivity index (χ4v) is 3.96. The van der Waals surface area contributed by atoms with Gasteiger partial charge in [-0.05, 0) is 49.7 Å². The van der Waals surface area contributed by atoms with Gasteiger partial charge in [-0.2, -0.15) is 0 Å². The summed E-state index contributed by atoms with van der Waals surface area (Å²) in [6.45, 7) is 0. The van der Waals surface area contributed by atoms with Crippen molar-refractivity contribution in [1.29, 1.82) is 0 Å². The molecule has 0 amide bonds. The van der Waals surface area contributed by atoms with E-state index in [9.17, 15) is 0 Å². The van der Waals surface area contributed by atoms with Crippen molar-refractivity contribution in [3.8, 4) is 0 Å². The summed E-state index contributed by atoms with van der Waals surface area (Å²) < 4.78 is 0. The van der Waals surface area contributed by atoms with Gasteiger partial charge in [0.05, 0.1) is 0 Å². The normalized spacial score (nSPS) is 36.2. The molecule has 2 aliphatic rings. The van der Waals surface area contributed by atoms with Gasteiger partial charge in [0.1, 0.15) is 0 Å². The number of rotatable bonds is 1. The molecule has 0 saturated heterocycles. The molecule has 70 valence electrons. The maximum Gasteiger partial charge on any atom is 0.0171 e. The number of hydrogen-bond donors (Lipinski definition) is 1. The zero-order chi connectivity index (χ0) is 8.89. The first-order valence-electron chi connectivity index (χ1n) is 5.11. The van der Waals surface area contributed by atoms with Crippen molar-refractivity contribution in [2.24, 2.45) is 0 Å². The number of thiophene rings is 1. The molecular formula is C11H15NS. The molecule has 3 rings (SSSR count). The van der Waals surface area contributed by atoms with Crippen LogP contribution in [-0.4, -0.2) is 13.1 Å². The molecule has 1 fully saturated rings. The predicted molar refractivity (Wildman–Crippen MR) is 56.4 cm³/mol. The maximum absolute atomic E-state index is 3.43. The van der Waals surface area contributed by atoms with Gasteiger partial charge in [-0.1, -0.05) is 0 Å². The van der Waals surface area contributed by atoms with Gasteiger partial charge in [0.25, 0.3) is 0 Å². The molecule has 0 aliphatic heterocycles. The molecule has 1 saturated carbocycles. The van der Waals surface area contributed by atoms with Gasteiger partial charge in [0, 0.05) is 16.3 Å². The number of aryl methyl sites for hydroxylation is 1. The van der Waals surface area contributed by atoms with E-state index < -0.39 is 0 Å². The van der Waals surface area contributed by atoms with Crippen LogP contribution in [-0.2, 0) is 11.8 Å². The second-order valence-corrected chi connectivity index (χ2v) is 5.31. The third-order valence-corrected chi connectivity index (χ3v) is 4.71. The average Bonchev–Trinajstić information content (AvgIpc) is 2.61. The first-order valence-corrected chi connectivity index (χ1v) is 5.99. The SMILES string of the molecule is CNC1C[C@]12CCCc1sccc12. The Hall–Kier alpha value is -0.340. The fourth-order valence-electron chi connectivity index (χ4n) is 2.93. The molecule has 1 aromatic rings. The Balaban J connectivity index is 2.02.